The van der Waals surface area contributed by atoms with E-state index >= 15 is 0 Å². The van der Waals surface area contributed by atoms with Crippen molar-refractivity contribution in [3.63, 3.8) is 0 Å². The number of ether oxygens (including phenoxy) is 1. The van der Waals surface area contributed by atoms with Gasteiger partial charge in [0.25, 0.3) is 0 Å². The van der Waals surface area contributed by atoms with Crippen molar-refractivity contribution in [1.29, 1.82) is 0 Å². The Bertz CT molecular complexity index is 391. The van der Waals surface area contributed by atoms with Gasteiger partial charge in [-0.15, -0.1) is 0 Å². The molecule has 1 rings (SSSR count). The lowest BCUT2D eigenvalue weighted by Crippen LogP contribution is -1.93. The molecule has 21 heavy (non-hydrogen) atoms. The van der Waals surface area contributed by atoms with Gasteiger partial charge in [0, 0.05) is 19.3 Å². The van der Waals surface area contributed by atoms with Crippen molar-refractivity contribution < 1.29 is 14.6 Å². The number of carbonyl (C=O) groups is 1. The number of rotatable bonds is 13. The standard InChI is InChI=1S/C18H28O3/c1-2-3-10-13-16-17(21-16)14-11-8-6-4-5-7-9-12-15-18(19)20/h3,8,10-11H,2,4-7,9,12-15H2,1H3,(H,19,20). The number of hydrogen-bond donors (Lipinski definition) is 1. The largest absolute Gasteiger partial charge is 0.481 e. The van der Waals surface area contributed by atoms with Gasteiger partial charge < -0.3 is 9.84 Å². The molecule has 0 aromatic rings. The summed E-state index contributed by atoms with van der Waals surface area (Å²) in [5.41, 5.74) is 0. The molecule has 3 nitrogen and oxygen atoms in total. The van der Waals surface area contributed by atoms with Gasteiger partial charge in [-0.3, -0.25) is 4.79 Å². The quantitative estimate of drug-likeness (QED) is 0.368. The van der Waals surface area contributed by atoms with Gasteiger partial charge in [0.05, 0.1) is 0 Å². The van der Waals surface area contributed by atoms with Crippen LogP contribution in [0.25, 0.3) is 0 Å². The van der Waals surface area contributed by atoms with Crippen LogP contribution in [0.4, 0.5) is 0 Å². The SMILES string of the molecule is CCC=CCC1=C(CC=CCCCCCCCC(=O)O)O1. The Balaban J connectivity index is 1.90. The first-order valence-corrected chi connectivity index (χ1v) is 8.15. The van der Waals surface area contributed by atoms with E-state index in [1.165, 1.54) is 12.8 Å². The van der Waals surface area contributed by atoms with Gasteiger partial charge in [0.15, 0.2) is 0 Å². The van der Waals surface area contributed by atoms with Gasteiger partial charge >= 0.3 is 5.97 Å². The van der Waals surface area contributed by atoms with Crippen molar-refractivity contribution in [2.24, 2.45) is 0 Å². The number of allylic oxidation sites excluding steroid dienone is 4. The molecule has 0 saturated heterocycles. The monoisotopic (exact) mass is 292 g/mol. The molecule has 118 valence electrons. The van der Waals surface area contributed by atoms with E-state index in [-0.39, 0.29) is 0 Å². The van der Waals surface area contributed by atoms with E-state index in [0.29, 0.717) is 6.42 Å². The number of carboxylic acid groups (broad SMARTS) is 1. The Labute approximate surface area is 128 Å². The van der Waals surface area contributed by atoms with Crippen LogP contribution in [0.1, 0.15) is 71.1 Å². The van der Waals surface area contributed by atoms with Crippen LogP contribution in [-0.2, 0) is 9.53 Å². The highest BCUT2D eigenvalue weighted by Crippen LogP contribution is 2.32. The van der Waals surface area contributed by atoms with Crippen LogP contribution >= 0.6 is 0 Å². The van der Waals surface area contributed by atoms with Crippen LogP contribution in [0.5, 0.6) is 0 Å². The minimum atomic E-state index is -0.681. The van der Waals surface area contributed by atoms with Crippen molar-refractivity contribution >= 4 is 5.97 Å². The van der Waals surface area contributed by atoms with Crippen molar-refractivity contribution in [3.05, 3.63) is 35.8 Å². The molecule has 3 heteroatoms. The molecule has 0 amide bonds. The van der Waals surface area contributed by atoms with Gasteiger partial charge in [-0.05, 0) is 25.7 Å². The van der Waals surface area contributed by atoms with E-state index in [4.69, 9.17) is 9.84 Å². The fourth-order valence-electron chi connectivity index (χ4n) is 2.17. The summed E-state index contributed by atoms with van der Waals surface area (Å²) in [6.45, 7) is 2.13. The highest BCUT2D eigenvalue weighted by molar-refractivity contribution is 5.66. The molecule has 1 heterocycles. The minimum Gasteiger partial charge on any atom is -0.481 e. The topological polar surface area (TPSA) is 49.8 Å². The van der Waals surface area contributed by atoms with Gasteiger partial charge in [-0.2, -0.15) is 0 Å². The predicted octanol–water partition coefficient (Wildman–Crippen LogP) is 5.35. The molecule has 0 atom stereocenters. The molecule has 0 radical (unpaired) electrons. The summed E-state index contributed by atoms with van der Waals surface area (Å²) in [6, 6.07) is 0. The molecule has 1 aliphatic heterocycles. The smallest absolute Gasteiger partial charge is 0.303 e. The second-order valence-electron chi connectivity index (χ2n) is 5.41. The molecule has 0 saturated carbocycles. The number of carboxylic acids is 1. The van der Waals surface area contributed by atoms with Crippen molar-refractivity contribution in [2.45, 2.75) is 71.1 Å². The van der Waals surface area contributed by atoms with E-state index in [0.717, 1.165) is 56.5 Å². The van der Waals surface area contributed by atoms with Crippen LogP contribution < -0.4 is 0 Å². The first kappa shape index (κ1) is 17.5. The molecule has 0 aromatic carbocycles. The van der Waals surface area contributed by atoms with E-state index < -0.39 is 5.97 Å². The maximum absolute atomic E-state index is 10.3. The first-order valence-electron chi connectivity index (χ1n) is 8.15. The molecule has 0 unspecified atom stereocenters. The Morgan fingerprint density at radius 3 is 2.24 bits per heavy atom. The fourth-order valence-corrected chi connectivity index (χ4v) is 2.17. The molecule has 0 bridgehead atoms. The molecule has 0 fully saturated rings. The third kappa shape index (κ3) is 9.94. The molecule has 1 aliphatic rings. The van der Waals surface area contributed by atoms with E-state index in [1.807, 2.05) is 0 Å². The van der Waals surface area contributed by atoms with Crippen molar-refractivity contribution in [1.82, 2.24) is 0 Å². The lowest BCUT2D eigenvalue weighted by molar-refractivity contribution is -0.137. The molecule has 0 aliphatic carbocycles. The normalized spacial score (nSPS) is 14.1. The summed E-state index contributed by atoms with van der Waals surface area (Å²) in [5.74, 6) is 1.60. The van der Waals surface area contributed by atoms with Crippen LogP contribution in [0.15, 0.2) is 35.8 Å². The van der Waals surface area contributed by atoms with Gasteiger partial charge in [-0.25, -0.2) is 0 Å². The van der Waals surface area contributed by atoms with Crippen molar-refractivity contribution in [2.75, 3.05) is 0 Å². The summed E-state index contributed by atoms with van der Waals surface area (Å²) in [7, 11) is 0. The maximum Gasteiger partial charge on any atom is 0.303 e. The zero-order valence-corrected chi connectivity index (χ0v) is 13.1. The van der Waals surface area contributed by atoms with Crippen LogP contribution in [0, 0.1) is 0 Å². The summed E-state index contributed by atoms with van der Waals surface area (Å²) in [4.78, 5) is 10.3. The molecule has 0 aromatic heterocycles. The van der Waals surface area contributed by atoms with Crippen LogP contribution in [0.2, 0.25) is 0 Å². The second-order valence-corrected chi connectivity index (χ2v) is 5.41. The lowest BCUT2D eigenvalue weighted by atomic mass is 10.1. The maximum atomic E-state index is 10.3. The van der Waals surface area contributed by atoms with Crippen LogP contribution in [-0.4, -0.2) is 11.1 Å². The third-order valence-corrected chi connectivity index (χ3v) is 3.45. The highest BCUT2D eigenvalue weighted by Gasteiger charge is 2.21. The lowest BCUT2D eigenvalue weighted by Gasteiger charge is -1.97. The van der Waals surface area contributed by atoms with E-state index in [2.05, 4.69) is 31.2 Å². The Morgan fingerprint density at radius 2 is 1.57 bits per heavy atom. The summed E-state index contributed by atoms with van der Waals surface area (Å²) in [5, 5.41) is 8.52. The predicted molar refractivity (Wildman–Crippen MR) is 85.9 cm³/mol. The zero-order valence-electron chi connectivity index (χ0n) is 13.1. The fraction of sp³-hybridized carbons (Fsp3) is 0.611. The highest BCUT2D eigenvalue weighted by atomic mass is 16.6. The summed E-state index contributed by atoms with van der Waals surface area (Å²) < 4.78 is 5.44. The molecular weight excluding hydrogens is 264 g/mol. The average Bonchev–Trinajstić information content (AvgIpc) is 3.19. The van der Waals surface area contributed by atoms with Crippen molar-refractivity contribution in [3.8, 4) is 0 Å². The average molecular weight is 292 g/mol. The second kappa shape index (κ2) is 11.2. The Morgan fingerprint density at radius 1 is 0.952 bits per heavy atom. The van der Waals surface area contributed by atoms with Gasteiger partial charge in [-0.1, -0.05) is 50.5 Å². The summed E-state index contributed by atoms with van der Waals surface area (Å²) >= 11 is 0. The Hall–Kier alpha value is -1.51. The number of hydrogen-bond acceptors (Lipinski definition) is 2. The Kier molecular flexibility index (Phi) is 9.34. The first-order chi connectivity index (χ1) is 10.2. The zero-order chi connectivity index (χ0) is 15.3. The van der Waals surface area contributed by atoms with Crippen LogP contribution in [0.3, 0.4) is 0 Å². The van der Waals surface area contributed by atoms with E-state index in [1.54, 1.807) is 0 Å². The minimum absolute atomic E-state index is 0.310. The molecule has 1 N–H and O–H groups in total. The van der Waals surface area contributed by atoms with Gasteiger partial charge in [0.1, 0.15) is 11.5 Å². The summed E-state index contributed by atoms with van der Waals surface area (Å²) in [6.07, 6.45) is 18.5. The van der Waals surface area contributed by atoms with Gasteiger partial charge in [0.2, 0.25) is 0 Å². The third-order valence-electron chi connectivity index (χ3n) is 3.45. The number of unbranched alkanes of at least 4 members (excludes halogenated alkanes) is 5. The van der Waals surface area contributed by atoms with E-state index in [9.17, 15) is 4.79 Å². The molecule has 0 spiro atoms. The number of aliphatic carboxylic acids is 1. The molecular formula is C18H28O3.